The average Bonchev–Trinajstić information content (AvgIpc) is 3.43. The molecule has 3 heterocycles. The fourth-order valence-electron chi connectivity index (χ4n) is 3.42. The largest absolute Gasteiger partial charge is 0.448 e. The van der Waals surface area contributed by atoms with Crippen molar-refractivity contribution in [2.75, 3.05) is 5.32 Å². The van der Waals surface area contributed by atoms with Gasteiger partial charge in [0.25, 0.3) is 5.56 Å². The van der Waals surface area contributed by atoms with Crippen molar-refractivity contribution in [3.8, 4) is 5.69 Å². The lowest BCUT2D eigenvalue weighted by Crippen LogP contribution is -2.28. The molecule has 0 radical (unpaired) electrons. The number of nitrogens with zero attached hydrogens (tertiary/aromatic N) is 5. The van der Waals surface area contributed by atoms with Crippen LogP contribution in [-0.2, 0) is 17.5 Å². The summed E-state index contributed by atoms with van der Waals surface area (Å²) in [7, 11) is 0. The number of rotatable bonds is 4. The molecule has 0 saturated heterocycles. The Morgan fingerprint density at radius 3 is 2.70 bits per heavy atom. The van der Waals surface area contributed by atoms with Crippen LogP contribution in [0.4, 0.5) is 18.9 Å². The number of nitrogens with one attached hydrogen (secondary N) is 1. The van der Waals surface area contributed by atoms with Crippen LogP contribution < -0.4 is 10.9 Å². The monoisotopic (exact) mass is 454 g/mol. The molecule has 3 aromatic heterocycles. The number of hydrogen-bond acceptors (Lipinski definition) is 6. The number of halogens is 3. The quantitative estimate of drug-likeness (QED) is 0.446. The molecule has 166 valence electrons. The van der Waals surface area contributed by atoms with E-state index in [1.165, 1.54) is 29.7 Å². The van der Waals surface area contributed by atoms with E-state index in [0.29, 0.717) is 16.5 Å². The molecule has 5 aromatic rings. The molecule has 0 spiro atoms. The Kier molecular flexibility index (Phi) is 4.69. The lowest BCUT2D eigenvalue weighted by Gasteiger charge is -2.14. The van der Waals surface area contributed by atoms with E-state index in [9.17, 15) is 22.8 Å². The molecule has 1 amide bonds. The molecule has 0 unspecified atom stereocenters. The first-order chi connectivity index (χ1) is 15.8. The molecule has 0 bridgehead atoms. The number of para-hydroxylation sites is 1. The van der Waals surface area contributed by atoms with E-state index in [4.69, 9.17) is 4.42 Å². The second kappa shape index (κ2) is 7.58. The summed E-state index contributed by atoms with van der Waals surface area (Å²) in [5.41, 5.74) is -0.706. The number of alkyl halides is 3. The Labute approximate surface area is 182 Å². The summed E-state index contributed by atoms with van der Waals surface area (Å²) >= 11 is 0. The highest BCUT2D eigenvalue weighted by molar-refractivity contribution is 6.01. The molecule has 9 nitrogen and oxygen atoms in total. The zero-order valence-electron chi connectivity index (χ0n) is 16.6. The van der Waals surface area contributed by atoms with E-state index < -0.39 is 29.8 Å². The van der Waals surface area contributed by atoms with Crippen molar-refractivity contribution in [1.82, 2.24) is 24.3 Å². The Bertz CT molecular complexity index is 1550. The molecule has 2 aromatic carbocycles. The Balaban J connectivity index is 1.48. The van der Waals surface area contributed by atoms with Crippen molar-refractivity contribution in [3.05, 3.63) is 77.4 Å². The summed E-state index contributed by atoms with van der Waals surface area (Å²) in [6, 6.07) is 9.80. The van der Waals surface area contributed by atoms with Crippen molar-refractivity contribution >= 4 is 33.7 Å². The summed E-state index contributed by atoms with van der Waals surface area (Å²) < 4.78 is 47.4. The van der Waals surface area contributed by atoms with Crippen LogP contribution in [0.3, 0.4) is 0 Å². The van der Waals surface area contributed by atoms with E-state index in [-0.39, 0.29) is 17.0 Å². The van der Waals surface area contributed by atoms with Gasteiger partial charge >= 0.3 is 6.18 Å². The van der Waals surface area contributed by atoms with Crippen molar-refractivity contribution in [2.45, 2.75) is 12.7 Å². The molecular weight excluding hydrogens is 441 g/mol. The van der Waals surface area contributed by atoms with Gasteiger partial charge in [0.15, 0.2) is 0 Å². The zero-order chi connectivity index (χ0) is 23.2. The Morgan fingerprint density at radius 1 is 1.12 bits per heavy atom. The third-order valence-corrected chi connectivity index (χ3v) is 4.93. The number of aromatic nitrogens is 5. The minimum atomic E-state index is -4.62. The third kappa shape index (κ3) is 3.71. The van der Waals surface area contributed by atoms with Crippen LogP contribution in [0.15, 0.2) is 70.7 Å². The maximum absolute atomic E-state index is 13.2. The van der Waals surface area contributed by atoms with Gasteiger partial charge in [0.2, 0.25) is 11.5 Å². The van der Waals surface area contributed by atoms with Gasteiger partial charge < -0.3 is 9.73 Å². The van der Waals surface area contributed by atoms with Gasteiger partial charge in [-0.25, -0.2) is 14.6 Å². The Morgan fingerprint density at radius 2 is 1.94 bits per heavy atom. The van der Waals surface area contributed by atoms with Crippen molar-refractivity contribution in [3.63, 3.8) is 0 Å². The first kappa shape index (κ1) is 20.4. The second-order valence-corrected chi connectivity index (χ2v) is 7.07. The number of carbonyl (C=O) groups is 1. The van der Waals surface area contributed by atoms with Crippen LogP contribution in [0.5, 0.6) is 0 Å². The molecule has 1 N–H and O–H groups in total. The van der Waals surface area contributed by atoms with Crippen molar-refractivity contribution in [1.29, 1.82) is 0 Å². The van der Waals surface area contributed by atoms with Gasteiger partial charge in [0, 0.05) is 5.39 Å². The number of anilines is 1. The number of fused-ring (bicyclic) bond motifs is 3. The molecule has 0 atom stereocenters. The predicted molar refractivity (Wildman–Crippen MR) is 111 cm³/mol. The summed E-state index contributed by atoms with van der Waals surface area (Å²) in [6.07, 6.45) is -0.941. The standard InChI is InChI=1S/C21H13F3N6O3/c22-21(23,24)12-5-6-15(30-10-25-9-27-30)14(7-12)28-17(31)8-29-11-26-18-13-3-1-2-4-16(13)33-19(18)20(29)32/h1-7,9-11H,8H2,(H,28,31). The zero-order valence-corrected chi connectivity index (χ0v) is 16.6. The second-order valence-electron chi connectivity index (χ2n) is 7.07. The minimum absolute atomic E-state index is 0.0196. The van der Waals surface area contributed by atoms with Crippen LogP contribution in [0.25, 0.3) is 27.8 Å². The van der Waals surface area contributed by atoms with Crippen LogP contribution in [0.1, 0.15) is 5.56 Å². The number of amides is 1. The highest BCUT2D eigenvalue weighted by atomic mass is 19.4. The topological polar surface area (TPSA) is 108 Å². The maximum atomic E-state index is 13.2. The molecule has 0 fully saturated rings. The third-order valence-electron chi connectivity index (χ3n) is 4.93. The molecule has 12 heteroatoms. The smallest absolute Gasteiger partial charge is 0.416 e. The van der Waals surface area contributed by atoms with E-state index in [1.54, 1.807) is 24.3 Å². The lowest BCUT2D eigenvalue weighted by atomic mass is 10.1. The van der Waals surface area contributed by atoms with Crippen LogP contribution in [0, 0.1) is 0 Å². The van der Waals surface area contributed by atoms with Gasteiger partial charge in [0.05, 0.1) is 23.3 Å². The van der Waals surface area contributed by atoms with Crippen molar-refractivity contribution in [2.24, 2.45) is 0 Å². The van der Waals surface area contributed by atoms with Gasteiger partial charge in [-0.3, -0.25) is 14.2 Å². The molecule has 33 heavy (non-hydrogen) atoms. The number of furan rings is 1. The Hall–Kier alpha value is -4.48. The maximum Gasteiger partial charge on any atom is 0.416 e. The molecular formula is C21H13F3N6O3. The van der Waals surface area contributed by atoms with E-state index in [0.717, 1.165) is 16.7 Å². The SMILES string of the molecule is O=C(Cn1cnc2c(oc3ccccc32)c1=O)Nc1cc(C(F)(F)F)ccc1-n1cncn1. The molecule has 0 saturated carbocycles. The van der Waals surface area contributed by atoms with Crippen LogP contribution >= 0.6 is 0 Å². The minimum Gasteiger partial charge on any atom is -0.448 e. The molecule has 0 aliphatic carbocycles. The number of benzene rings is 2. The van der Waals surface area contributed by atoms with Gasteiger partial charge in [-0.1, -0.05) is 12.1 Å². The molecule has 0 aliphatic heterocycles. The summed E-state index contributed by atoms with van der Waals surface area (Å²) in [4.78, 5) is 33.5. The highest BCUT2D eigenvalue weighted by Crippen LogP contribution is 2.33. The lowest BCUT2D eigenvalue weighted by molar-refractivity contribution is -0.137. The van der Waals surface area contributed by atoms with Crippen molar-refractivity contribution < 1.29 is 22.4 Å². The van der Waals surface area contributed by atoms with Crippen LogP contribution in [0.2, 0.25) is 0 Å². The number of hydrogen-bond donors (Lipinski definition) is 1. The first-order valence-electron chi connectivity index (χ1n) is 9.54. The van der Waals surface area contributed by atoms with E-state index in [1.807, 2.05) is 0 Å². The van der Waals surface area contributed by atoms with Gasteiger partial charge in [0.1, 0.15) is 30.3 Å². The van der Waals surface area contributed by atoms with E-state index >= 15 is 0 Å². The summed E-state index contributed by atoms with van der Waals surface area (Å²) in [6.45, 7) is -0.494. The van der Waals surface area contributed by atoms with Gasteiger partial charge in [-0.15, -0.1) is 0 Å². The predicted octanol–water partition coefficient (Wildman–Crippen LogP) is 3.38. The average molecular weight is 454 g/mol. The normalized spacial score (nSPS) is 11.8. The summed E-state index contributed by atoms with van der Waals surface area (Å²) in [5.74, 6) is -0.741. The molecule has 5 rings (SSSR count). The summed E-state index contributed by atoms with van der Waals surface area (Å²) in [5, 5.41) is 6.97. The van der Waals surface area contributed by atoms with Crippen LogP contribution in [-0.4, -0.2) is 30.2 Å². The van der Waals surface area contributed by atoms with Gasteiger partial charge in [-0.2, -0.15) is 18.3 Å². The van der Waals surface area contributed by atoms with Gasteiger partial charge in [-0.05, 0) is 30.3 Å². The number of carbonyl (C=O) groups excluding carboxylic acids is 1. The first-order valence-corrected chi connectivity index (χ1v) is 9.54. The van der Waals surface area contributed by atoms with E-state index in [2.05, 4.69) is 20.4 Å². The molecule has 0 aliphatic rings. The fraction of sp³-hybridized carbons (Fsp3) is 0.0952. The highest BCUT2D eigenvalue weighted by Gasteiger charge is 2.31. The fourth-order valence-corrected chi connectivity index (χ4v) is 3.42.